The minimum absolute atomic E-state index is 0.192. The maximum atomic E-state index is 13.1. The molecule has 8 aromatic carbocycles. The van der Waals surface area contributed by atoms with Gasteiger partial charge in [-0.1, -0.05) is 123 Å². The van der Waals surface area contributed by atoms with Gasteiger partial charge in [-0.05, 0) is 292 Å². The van der Waals surface area contributed by atoms with Crippen molar-refractivity contribution in [2.45, 2.75) is 79.1 Å². The van der Waals surface area contributed by atoms with Gasteiger partial charge >= 0.3 is 31.4 Å². The van der Waals surface area contributed by atoms with E-state index >= 15 is 0 Å². The van der Waals surface area contributed by atoms with Crippen molar-refractivity contribution in [1.82, 2.24) is 15.0 Å². The molecule has 24 nitrogen and oxygen atoms in total. The fraction of sp³-hybridized carbons (Fsp3) is 0.122. The molecular weight excluding hydrogens is 1840 g/mol. The number of carbonyl (C=O) groups excluding carboxylic acids is 6. The van der Waals surface area contributed by atoms with Crippen LogP contribution in [0.15, 0.2) is 322 Å². The van der Waals surface area contributed by atoms with Crippen LogP contribution in [0.5, 0.6) is 0 Å². The molecular formula is C98H92BBr2N11O13S4. The maximum absolute atomic E-state index is 13.1. The van der Waals surface area contributed by atoms with Crippen LogP contribution in [0.4, 0.5) is 59.9 Å². The van der Waals surface area contributed by atoms with Crippen LogP contribution in [0.2, 0.25) is 0 Å². The van der Waals surface area contributed by atoms with Gasteiger partial charge in [0.15, 0.2) is 0 Å². The van der Waals surface area contributed by atoms with E-state index in [2.05, 4.69) is 78.7 Å². The number of thiophene rings is 4. The van der Waals surface area contributed by atoms with E-state index in [1.165, 1.54) is 6.20 Å². The van der Waals surface area contributed by atoms with Crippen LogP contribution >= 0.6 is 77.2 Å². The summed E-state index contributed by atoms with van der Waals surface area (Å²) in [6.07, 6.45) is 8.34. The van der Waals surface area contributed by atoms with Gasteiger partial charge in [0.1, 0.15) is 16.8 Å². The number of aromatic nitrogens is 3. The number of pyridine rings is 3. The number of nitrogen functional groups attached to an aromatic ring is 2. The molecule has 6 amide bonds. The lowest BCUT2D eigenvalue weighted by Crippen LogP contribution is -2.29. The lowest BCUT2D eigenvalue weighted by atomic mass is 9.82. The monoisotopic (exact) mass is 1930 g/mol. The standard InChI is InChI=1S/C27H25N3O3S.C22H21BrN2O3S.C22H17N3OS.C15H18N2O2S.C7H5BrO2.C5H6BNO2/c1-27(2,3)33-26(32)30-22-13-12-20(24-7-5-15-34-24)16-23(22)29-25(31)19-10-8-18(9-11-19)21-6-4-14-28-17-21;1-22(2,3)28-21(27)25-17-11-8-15(19-5-4-12-29-19)13-18(17)24-20(26)14-6-9-16(23)10-7-14;23-19-10-9-17(21-4-2-12-27-21)13-20(19)25-22(26)16-7-5-15(6-8-16)18-3-1-11-24-14-18;1-15(2,3)19-14(18)17-12-7-6-10(9-11(12)16)13-5-4-8-20-13;8-6-3-1-5(2-4-6)7(9)10;8-6(9)5-2-1-3-7-4-5/h4-17H,1-3H3,(H,29,31)(H,30,32);4-13H,1-3H3,(H,24,26)(H,25,27);1-14H,23H2,(H,25,26);4-9H,16H2,1-3H3,(H,17,18);1-4H,(H,9,10);1-4,8-9H. The van der Waals surface area contributed by atoms with Gasteiger partial charge in [0.2, 0.25) is 0 Å². The fourth-order valence-corrected chi connectivity index (χ4v) is 14.9. The Hall–Kier alpha value is -13.8. The topological polar surface area (TPSA) is 371 Å². The van der Waals surface area contributed by atoms with Gasteiger partial charge in [0.05, 0.1) is 51.1 Å². The molecule has 0 bridgehead atoms. The largest absolute Gasteiger partial charge is 0.490 e. The van der Waals surface area contributed by atoms with Crippen molar-refractivity contribution in [3.63, 3.8) is 0 Å². The van der Waals surface area contributed by atoms with E-state index in [1.807, 2.05) is 194 Å². The molecule has 0 aliphatic heterocycles. The van der Waals surface area contributed by atoms with Gasteiger partial charge in [0.25, 0.3) is 17.7 Å². The number of carboxylic acids is 1. The average molecular weight is 1930 g/mol. The van der Waals surface area contributed by atoms with Crippen LogP contribution < -0.4 is 48.8 Å². The van der Waals surface area contributed by atoms with Crippen molar-refractivity contribution in [2.75, 3.05) is 43.4 Å². The van der Waals surface area contributed by atoms with Crippen LogP contribution in [0.3, 0.4) is 0 Å². The number of carbonyl (C=O) groups is 7. The van der Waals surface area contributed by atoms with E-state index in [9.17, 15) is 33.6 Å². The summed E-state index contributed by atoms with van der Waals surface area (Å²) in [5.41, 5.74) is 24.6. The summed E-state index contributed by atoms with van der Waals surface area (Å²) in [5.74, 6) is -1.64. The van der Waals surface area contributed by atoms with Crippen molar-refractivity contribution in [3.05, 3.63) is 345 Å². The second-order valence-electron chi connectivity index (χ2n) is 30.9. The number of nitrogens with one attached hydrogen (secondary N) is 6. The van der Waals surface area contributed by atoms with Gasteiger partial charge in [-0.15, -0.1) is 45.3 Å². The summed E-state index contributed by atoms with van der Waals surface area (Å²) < 4.78 is 17.7. The predicted molar refractivity (Wildman–Crippen MR) is 530 cm³/mol. The second-order valence-corrected chi connectivity index (χ2v) is 36.5. The van der Waals surface area contributed by atoms with Crippen LogP contribution in [-0.4, -0.2) is 96.0 Å². The van der Waals surface area contributed by atoms with E-state index in [0.717, 1.165) is 73.0 Å². The van der Waals surface area contributed by atoms with Crippen molar-refractivity contribution in [3.8, 4) is 64.0 Å². The zero-order valence-electron chi connectivity index (χ0n) is 71.4. The molecule has 15 aromatic rings. The summed E-state index contributed by atoms with van der Waals surface area (Å²) in [6, 6.07) is 77.5. The molecule has 0 aliphatic carbocycles. The smallest absolute Gasteiger partial charge is 0.478 e. The molecule has 0 fully saturated rings. The zero-order valence-corrected chi connectivity index (χ0v) is 77.8. The zero-order chi connectivity index (χ0) is 92.8. The first kappa shape index (κ1) is 97.4. The Balaban J connectivity index is 0.000000169. The minimum atomic E-state index is -1.40. The Bertz CT molecular complexity index is 6200. The fourth-order valence-electron chi connectivity index (χ4n) is 11.5. The van der Waals surface area contributed by atoms with E-state index in [1.54, 1.807) is 221 Å². The Morgan fingerprint density at radius 2 is 0.636 bits per heavy atom. The Kier molecular flexibility index (Phi) is 35.2. The van der Waals surface area contributed by atoms with E-state index in [4.69, 9.17) is 40.8 Å². The number of ether oxygens (including phenoxy) is 3. The maximum Gasteiger partial charge on any atom is 0.490 e. The number of nitrogens with zero attached hydrogens (tertiary/aromatic N) is 3. The summed E-state index contributed by atoms with van der Waals surface area (Å²) in [6.45, 7) is 16.2. The van der Waals surface area contributed by atoms with Crippen molar-refractivity contribution >= 4 is 177 Å². The molecule has 7 aromatic heterocycles. The summed E-state index contributed by atoms with van der Waals surface area (Å²) in [4.78, 5) is 101. The molecule has 0 saturated heterocycles. The molecule has 31 heteroatoms. The first-order chi connectivity index (χ1) is 61.5. The summed E-state index contributed by atoms with van der Waals surface area (Å²) in [7, 11) is -1.40. The van der Waals surface area contributed by atoms with Crippen LogP contribution in [0.1, 0.15) is 104 Å². The number of rotatable bonds is 17. The Morgan fingerprint density at radius 3 is 0.946 bits per heavy atom. The third-order valence-corrected chi connectivity index (χ3v) is 22.2. The SMILES string of the molecule is CC(C)(C)OC(=O)Nc1ccc(-c2cccs2)cc1N.CC(C)(C)OC(=O)Nc1ccc(-c2cccs2)cc1NC(=O)c1ccc(-c2cccnc2)cc1.CC(C)(C)OC(=O)Nc1ccc(-c2cccs2)cc1NC(=O)c1ccc(Br)cc1.Nc1ccc(-c2cccs2)cc1NC(=O)c1ccc(-c2cccnc2)cc1.O=C(O)c1ccc(Br)cc1.OB(O)c1cccnc1. The Labute approximate surface area is 780 Å². The van der Waals surface area contributed by atoms with Gasteiger partial charge in [-0.2, -0.15) is 0 Å². The normalized spacial score (nSPS) is 10.7. The lowest BCUT2D eigenvalue weighted by molar-refractivity contribution is 0.0624. The molecule has 15 rings (SSSR count). The number of hydrogen-bond donors (Lipinski definition) is 11. The highest BCUT2D eigenvalue weighted by atomic mass is 79.9. The van der Waals surface area contributed by atoms with Crippen LogP contribution in [-0.2, 0) is 14.2 Å². The molecule has 0 saturated carbocycles. The van der Waals surface area contributed by atoms with Crippen LogP contribution in [0, 0.1) is 0 Å². The lowest BCUT2D eigenvalue weighted by Gasteiger charge is -2.21. The number of carboxylic acid groups (broad SMARTS) is 1. The first-order valence-corrected chi connectivity index (χ1v) is 44.8. The number of halogens is 2. The molecule has 0 spiro atoms. The third kappa shape index (κ3) is 31.7. The van der Waals surface area contributed by atoms with E-state index in [-0.39, 0.29) is 17.7 Å². The number of amides is 6. The Morgan fingerprint density at radius 1 is 0.326 bits per heavy atom. The van der Waals surface area contributed by atoms with Gasteiger partial charge < -0.3 is 56.8 Å². The number of anilines is 8. The van der Waals surface area contributed by atoms with E-state index < -0.39 is 48.2 Å². The summed E-state index contributed by atoms with van der Waals surface area (Å²) >= 11 is 13.1. The van der Waals surface area contributed by atoms with Gasteiger partial charge in [0, 0.05) is 87.8 Å². The average Bonchev–Trinajstić information content (AvgIpc) is 1.78. The number of hydrogen-bond acceptors (Lipinski definition) is 21. The van der Waals surface area contributed by atoms with Crippen molar-refractivity contribution in [2.24, 2.45) is 0 Å². The first-order valence-electron chi connectivity index (χ1n) is 39.7. The highest BCUT2D eigenvalue weighted by molar-refractivity contribution is 9.10. The van der Waals surface area contributed by atoms with Crippen molar-refractivity contribution < 1.29 is 62.9 Å². The predicted octanol–water partition coefficient (Wildman–Crippen LogP) is 24.4. The highest BCUT2D eigenvalue weighted by Crippen LogP contribution is 2.37. The molecule has 0 aliphatic rings. The number of nitrogens with two attached hydrogens (primary N) is 2. The third-order valence-electron chi connectivity index (χ3n) is 17.5. The molecule has 0 unspecified atom stereocenters. The molecule has 0 radical (unpaired) electrons. The summed E-state index contributed by atoms with van der Waals surface area (Å²) in [5, 5.41) is 50.4. The highest BCUT2D eigenvalue weighted by Gasteiger charge is 2.23. The minimum Gasteiger partial charge on any atom is -0.478 e. The molecule has 13 N–H and O–H groups in total. The number of aromatic carboxylic acids is 1. The quantitative estimate of drug-likeness (QED) is 0.0229. The second kappa shape index (κ2) is 46.6. The van der Waals surface area contributed by atoms with Gasteiger partial charge in [-0.3, -0.25) is 45.3 Å². The van der Waals surface area contributed by atoms with Crippen LogP contribution in [0.25, 0.3) is 64.0 Å². The molecule has 129 heavy (non-hydrogen) atoms. The molecule has 658 valence electrons. The molecule has 7 heterocycles. The van der Waals surface area contributed by atoms with E-state index in [0.29, 0.717) is 73.2 Å². The number of benzene rings is 8. The molecule has 0 atom stereocenters. The van der Waals surface area contributed by atoms with Crippen molar-refractivity contribution in [1.29, 1.82) is 0 Å². The van der Waals surface area contributed by atoms with Gasteiger partial charge in [-0.25, -0.2) is 19.2 Å².